The standard InChI is InChI=1S/C14H16N2O4S/c1-21(18,19)12-5-2-10(3-6-12)9-16-14(17)13-7-4-11(8-15)20-13/h2-7H,8-9,15H2,1H3,(H,16,17). The summed E-state index contributed by atoms with van der Waals surface area (Å²) < 4.78 is 27.9. The number of hydrogen-bond donors (Lipinski definition) is 2. The maximum absolute atomic E-state index is 11.8. The lowest BCUT2D eigenvalue weighted by molar-refractivity contribution is 0.0921. The first-order valence-electron chi connectivity index (χ1n) is 6.26. The van der Waals surface area contributed by atoms with E-state index >= 15 is 0 Å². The first-order chi connectivity index (χ1) is 9.90. The van der Waals surface area contributed by atoms with Gasteiger partial charge in [-0.15, -0.1) is 0 Å². The van der Waals surface area contributed by atoms with Gasteiger partial charge in [-0.1, -0.05) is 12.1 Å². The molecule has 1 heterocycles. The van der Waals surface area contributed by atoms with Crippen molar-refractivity contribution >= 4 is 15.7 Å². The summed E-state index contributed by atoms with van der Waals surface area (Å²) in [4.78, 5) is 12.1. The van der Waals surface area contributed by atoms with Crippen molar-refractivity contribution in [2.45, 2.75) is 18.0 Å². The van der Waals surface area contributed by atoms with Crippen LogP contribution in [-0.4, -0.2) is 20.6 Å². The zero-order valence-corrected chi connectivity index (χ0v) is 12.3. The lowest BCUT2D eigenvalue weighted by atomic mass is 10.2. The highest BCUT2D eigenvalue weighted by molar-refractivity contribution is 7.90. The highest BCUT2D eigenvalue weighted by Crippen LogP contribution is 2.11. The van der Waals surface area contributed by atoms with Crippen molar-refractivity contribution in [2.75, 3.05) is 6.26 Å². The highest BCUT2D eigenvalue weighted by Gasteiger charge is 2.11. The minimum Gasteiger partial charge on any atom is -0.455 e. The Hall–Kier alpha value is -2.12. The average Bonchev–Trinajstić information content (AvgIpc) is 2.93. The molecule has 0 saturated heterocycles. The number of sulfone groups is 1. The number of nitrogens with two attached hydrogens (primary N) is 1. The molecule has 0 fully saturated rings. The van der Waals surface area contributed by atoms with E-state index in [1.165, 1.54) is 12.1 Å². The summed E-state index contributed by atoms with van der Waals surface area (Å²) in [7, 11) is -3.21. The Bertz CT molecular complexity index is 733. The molecule has 7 heteroatoms. The van der Waals surface area contributed by atoms with Gasteiger partial charge >= 0.3 is 0 Å². The van der Waals surface area contributed by atoms with E-state index in [0.717, 1.165) is 11.8 Å². The van der Waals surface area contributed by atoms with E-state index in [2.05, 4.69) is 5.32 Å². The second kappa shape index (κ2) is 6.11. The second-order valence-electron chi connectivity index (χ2n) is 4.57. The van der Waals surface area contributed by atoms with Crippen LogP contribution in [0.5, 0.6) is 0 Å². The third kappa shape index (κ3) is 3.93. The van der Waals surface area contributed by atoms with Crippen molar-refractivity contribution in [1.82, 2.24) is 5.32 Å². The number of carbonyl (C=O) groups excluding carboxylic acids is 1. The molecule has 0 atom stereocenters. The van der Waals surface area contributed by atoms with Crippen LogP contribution in [0.3, 0.4) is 0 Å². The molecule has 6 nitrogen and oxygen atoms in total. The van der Waals surface area contributed by atoms with Gasteiger partial charge in [-0.2, -0.15) is 0 Å². The maximum atomic E-state index is 11.8. The van der Waals surface area contributed by atoms with E-state index in [0.29, 0.717) is 5.76 Å². The van der Waals surface area contributed by atoms with Crippen LogP contribution in [0.2, 0.25) is 0 Å². The number of nitrogens with one attached hydrogen (secondary N) is 1. The quantitative estimate of drug-likeness (QED) is 0.860. The molecule has 0 aliphatic rings. The Kier molecular flexibility index (Phi) is 4.44. The van der Waals surface area contributed by atoms with Crippen LogP contribution in [0.25, 0.3) is 0 Å². The summed E-state index contributed by atoms with van der Waals surface area (Å²) in [5.74, 6) is 0.391. The third-order valence-corrected chi connectivity index (χ3v) is 4.02. The molecule has 0 aliphatic heterocycles. The van der Waals surface area contributed by atoms with Crippen LogP contribution < -0.4 is 11.1 Å². The Morgan fingerprint density at radius 3 is 2.38 bits per heavy atom. The molecular formula is C14H16N2O4S. The number of rotatable bonds is 5. The zero-order valence-electron chi connectivity index (χ0n) is 11.5. The Labute approximate surface area is 122 Å². The molecule has 0 spiro atoms. The van der Waals surface area contributed by atoms with Gasteiger partial charge in [0.2, 0.25) is 0 Å². The smallest absolute Gasteiger partial charge is 0.287 e. The van der Waals surface area contributed by atoms with Crippen LogP contribution in [0.1, 0.15) is 21.9 Å². The van der Waals surface area contributed by atoms with Crippen LogP contribution >= 0.6 is 0 Å². The monoisotopic (exact) mass is 308 g/mol. The first kappa shape index (κ1) is 15.3. The fourth-order valence-corrected chi connectivity index (χ4v) is 2.36. The molecular weight excluding hydrogens is 292 g/mol. The maximum Gasteiger partial charge on any atom is 0.287 e. The van der Waals surface area contributed by atoms with Gasteiger partial charge in [0.05, 0.1) is 11.4 Å². The molecule has 21 heavy (non-hydrogen) atoms. The largest absolute Gasteiger partial charge is 0.455 e. The van der Waals surface area contributed by atoms with Gasteiger partial charge < -0.3 is 15.5 Å². The fourth-order valence-electron chi connectivity index (χ4n) is 1.73. The average molecular weight is 308 g/mol. The summed E-state index contributed by atoms with van der Waals surface area (Å²) in [5.41, 5.74) is 6.20. The number of furan rings is 1. The number of amides is 1. The molecule has 112 valence electrons. The Morgan fingerprint density at radius 2 is 1.86 bits per heavy atom. The molecule has 1 aromatic carbocycles. The highest BCUT2D eigenvalue weighted by atomic mass is 32.2. The molecule has 2 aromatic rings. The minimum absolute atomic E-state index is 0.197. The molecule has 0 aliphatic carbocycles. The summed E-state index contributed by atoms with van der Waals surface area (Å²) in [6.07, 6.45) is 1.15. The Balaban J connectivity index is 1.98. The van der Waals surface area contributed by atoms with Crippen molar-refractivity contribution < 1.29 is 17.6 Å². The van der Waals surface area contributed by atoms with E-state index in [1.54, 1.807) is 24.3 Å². The summed E-state index contributed by atoms with van der Waals surface area (Å²) in [5, 5.41) is 2.69. The third-order valence-electron chi connectivity index (χ3n) is 2.89. The van der Waals surface area contributed by atoms with E-state index < -0.39 is 9.84 Å². The normalized spacial score (nSPS) is 11.3. The van der Waals surface area contributed by atoms with Crippen molar-refractivity contribution in [1.29, 1.82) is 0 Å². The molecule has 0 unspecified atom stereocenters. The van der Waals surface area contributed by atoms with Crippen LogP contribution in [0.15, 0.2) is 45.7 Å². The lowest BCUT2D eigenvalue weighted by Crippen LogP contribution is -2.22. The minimum atomic E-state index is -3.21. The zero-order chi connectivity index (χ0) is 15.5. The van der Waals surface area contributed by atoms with Crippen molar-refractivity contribution in [2.24, 2.45) is 5.73 Å². The van der Waals surface area contributed by atoms with Gasteiger partial charge in [-0.05, 0) is 29.8 Å². The van der Waals surface area contributed by atoms with Crippen LogP contribution in [0, 0.1) is 0 Å². The van der Waals surface area contributed by atoms with Crippen LogP contribution in [0.4, 0.5) is 0 Å². The summed E-state index contributed by atoms with van der Waals surface area (Å²) in [6.45, 7) is 0.516. The summed E-state index contributed by atoms with van der Waals surface area (Å²) in [6, 6.07) is 9.54. The van der Waals surface area contributed by atoms with Crippen LogP contribution in [-0.2, 0) is 22.9 Å². The van der Waals surface area contributed by atoms with Gasteiger partial charge in [0, 0.05) is 12.8 Å². The van der Waals surface area contributed by atoms with Crippen molar-refractivity contribution in [3.05, 3.63) is 53.5 Å². The van der Waals surface area contributed by atoms with E-state index in [-0.39, 0.29) is 29.7 Å². The molecule has 0 saturated carbocycles. The fraction of sp³-hybridized carbons (Fsp3) is 0.214. The van der Waals surface area contributed by atoms with E-state index in [9.17, 15) is 13.2 Å². The molecule has 0 bridgehead atoms. The van der Waals surface area contributed by atoms with E-state index in [4.69, 9.17) is 10.2 Å². The van der Waals surface area contributed by atoms with Crippen molar-refractivity contribution in [3.8, 4) is 0 Å². The predicted octanol–water partition coefficient (Wildman–Crippen LogP) is 1.07. The van der Waals surface area contributed by atoms with Crippen molar-refractivity contribution in [3.63, 3.8) is 0 Å². The summed E-state index contributed by atoms with van der Waals surface area (Å²) >= 11 is 0. The number of hydrogen-bond acceptors (Lipinski definition) is 5. The van der Waals surface area contributed by atoms with Gasteiger partial charge in [0.25, 0.3) is 5.91 Å². The predicted molar refractivity (Wildman–Crippen MR) is 77.3 cm³/mol. The number of benzene rings is 1. The molecule has 2 rings (SSSR count). The topological polar surface area (TPSA) is 102 Å². The van der Waals surface area contributed by atoms with Gasteiger partial charge in [-0.3, -0.25) is 4.79 Å². The Morgan fingerprint density at radius 1 is 1.19 bits per heavy atom. The first-order valence-corrected chi connectivity index (χ1v) is 8.15. The SMILES string of the molecule is CS(=O)(=O)c1ccc(CNC(=O)c2ccc(CN)o2)cc1. The number of carbonyl (C=O) groups is 1. The molecule has 3 N–H and O–H groups in total. The van der Waals surface area contributed by atoms with Gasteiger partial charge in [-0.25, -0.2) is 8.42 Å². The van der Waals surface area contributed by atoms with Gasteiger partial charge in [0.15, 0.2) is 15.6 Å². The molecule has 1 aromatic heterocycles. The lowest BCUT2D eigenvalue weighted by Gasteiger charge is -2.04. The molecule has 1 amide bonds. The molecule has 0 radical (unpaired) electrons. The van der Waals surface area contributed by atoms with E-state index in [1.807, 2.05) is 0 Å². The van der Waals surface area contributed by atoms with Gasteiger partial charge in [0.1, 0.15) is 5.76 Å². The second-order valence-corrected chi connectivity index (χ2v) is 6.58.